The van der Waals surface area contributed by atoms with Crippen molar-refractivity contribution in [3.8, 4) is 0 Å². The predicted molar refractivity (Wildman–Crippen MR) is 92.8 cm³/mol. The Hall–Kier alpha value is -3.23. The molecule has 3 amide bonds. The third-order valence-electron chi connectivity index (χ3n) is 4.42. The van der Waals surface area contributed by atoms with Gasteiger partial charge in [0.1, 0.15) is 0 Å². The van der Waals surface area contributed by atoms with Crippen molar-refractivity contribution in [2.75, 3.05) is 11.9 Å². The number of amides is 3. The second kappa shape index (κ2) is 7.34. The first-order valence-electron chi connectivity index (χ1n) is 8.32. The van der Waals surface area contributed by atoms with Crippen molar-refractivity contribution in [2.45, 2.75) is 25.8 Å². The number of primary amides is 1. The number of rotatable bonds is 3. The fourth-order valence-electron chi connectivity index (χ4n) is 3.10. The van der Waals surface area contributed by atoms with Gasteiger partial charge in [-0.2, -0.15) is 5.10 Å². The van der Waals surface area contributed by atoms with E-state index in [1.807, 2.05) is 6.92 Å². The zero-order valence-electron chi connectivity index (χ0n) is 14.3. The number of aromatic nitrogens is 3. The normalized spacial score (nSPS) is 19.8. The zero-order chi connectivity index (χ0) is 18.7. The third kappa shape index (κ3) is 3.71. The van der Waals surface area contributed by atoms with Crippen molar-refractivity contribution >= 4 is 23.4 Å². The maximum atomic E-state index is 12.7. The number of carbonyl (C=O) groups is 3. The Morgan fingerprint density at radius 3 is 2.81 bits per heavy atom. The molecule has 1 aliphatic heterocycles. The summed E-state index contributed by atoms with van der Waals surface area (Å²) in [6.07, 6.45) is 6.02. The Morgan fingerprint density at radius 2 is 2.12 bits per heavy atom. The van der Waals surface area contributed by atoms with E-state index in [9.17, 15) is 14.4 Å². The molecule has 1 saturated heterocycles. The van der Waals surface area contributed by atoms with Crippen LogP contribution in [0.2, 0.25) is 0 Å². The molecule has 0 spiro atoms. The highest BCUT2D eigenvalue weighted by Crippen LogP contribution is 2.32. The molecule has 1 aliphatic rings. The van der Waals surface area contributed by atoms with Crippen LogP contribution in [-0.4, -0.2) is 44.3 Å². The van der Waals surface area contributed by atoms with Gasteiger partial charge in [-0.3, -0.25) is 24.5 Å². The van der Waals surface area contributed by atoms with Gasteiger partial charge in [0, 0.05) is 18.9 Å². The van der Waals surface area contributed by atoms with Crippen molar-refractivity contribution in [1.82, 2.24) is 20.1 Å². The van der Waals surface area contributed by atoms with E-state index in [1.54, 1.807) is 17.2 Å². The van der Waals surface area contributed by atoms with Gasteiger partial charge in [0.05, 0.1) is 29.2 Å². The molecule has 1 fully saturated rings. The highest BCUT2D eigenvalue weighted by molar-refractivity contribution is 6.39. The second-order valence-corrected chi connectivity index (χ2v) is 6.44. The topological polar surface area (TPSA) is 134 Å². The van der Waals surface area contributed by atoms with Crippen LogP contribution in [0.25, 0.3) is 0 Å². The van der Waals surface area contributed by atoms with Gasteiger partial charge in [-0.15, -0.1) is 0 Å². The van der Waals surface area contributed by atoms with E-state index in [0.717, 1.165) is 18.5 Å². The smallest absolute Gasteiger partial charge is 0.313 e. The second-order valence-electron chi connectivity index (χ2n) is 6.44. The van der Waals surface area contributed by atoms with Gasteiger partial charge in [-0.25, -0.2) is 0 Å². The summed E-state index contributed by atoms with van der Waals surface area (Å²) in [7, 11) is 0. The molecule has 2 atom stereocenters. The lowest BCUT2D eigenvalue weighted by Gasteiger charge is -2.37. The summed E-state index contributed by atoms with van der Waals surface area (Å²) < 4.78 is 0. The first kappa shape index (κ1) is 17.6. The van der Waals surface area contributed by atoms with Gasteiger partial charge < -0.3 is 16.0 Å². The van der Waals surface area contributed by atoms with Crippen molar-refractivity contribution < 1.29 is 14.4 Å². The van der Waals surface area contributed by atoms with Gasteiger partial charge in [0.25, 0.3) is 0 Å². The number of piperidine rings is 1. The van der Waals surface area contributed by atoms with Crippen LogP contribution in [0.5, 0.6) is 0 Å². The third-order valence-corrected chi connectivity index (χ3v) is 4.42. The van der Waals surface area contributed by atoms with Crippen LogP contribution in [-0.2, 0) is 9.59 Å². The zero-order valence-corrected chi connectivity index (χ0v) is 14.3. The van der Waals surface area contributed by atoms with Crippen LogP contribution >= 0.6 is 0 Å². The van der Waals surface area contributed by atoms with E-state index < -0.39 is 17.7 Å². The molecule has 3 heterocycles. The molecule has 136 valence electrons. The molecular formula is C17H20N6O3. The summed E-state index contributed by atoms with van der Waals surface area (Å²) in [5, 5.41) is 9.39. The molecule has 3 rings (SSSR count). The van der Waals surface area contributed by atoms with E-state index in [-0.39, 0.29) is 17.3 Å². The standard InChI is InChI=1S/C17H20N6O3/c1-10-2-3-14(13-4-5-20-22-13)23(9-10)17(26)16(25)21-12-6-11(15(18)24)7-19-8-12/h4-8,10,14H,2-3,9H2,1H3,(H2,18,24)(H,20,22)(H,21,25). The Kier molecular flexibility index (Phi) is 4.97. The lowest BCUT2D eigenvalue weighted by Crippen LogP contribution is -2.46. The Labute approximate surface area is 150 Å². The maximum absolute atomic E-state index is 12.7. The summed E-state index contributed by atoms with van der Waals surface area (Å²) >= 11 is 0. The molecule has 0 saturated carbocycles. The van der Waals surface area contributed by atoms with Crippen LogP contribution in [0.15, 0.2) is 30.7 Å². The molecular weight excluding hydrogens is 336 g/mol. The molecule has 26 heavy (non-hydrogen) atoms. The number of nitrogens with one attached hydrogen (secondary N) is 2. The summed E-state index contributed by atoms with van der Waals surface area (Å²) in [5.74, 6) is -1.80. The van der Waals surface area contributed by atoms with E-state index in [1.165, 1.54) is 18.5 Å². The number of pyridine rings is 1. The highest BCUT2D eigenvalue weighted by atomic mass is 16.2. The quantitative estimate of drug-likeness (QED) is 0.701. The Bertz CT molecular complexity index is 820. The number of anilines is 1. The number of carbonyl (C=O) groups excluding carboxylic acids is 3. The molecule has 2 aromatic rings. The summed E-state index contributed by atoms with van der Waals surface area (Å²) in [5.41, 5.74) is 6.32. The summed E-state index contributed by atoms with van der Waals surface area (Å²) in [6.45, 7) is 2.52. The highest BCUT2D eigenvalue weighted by Gasteiger charge is 2.35. The largest absolute Gasteiger partial charge is 0.366 e. The molecule has 2 aromatic heterocycles. The van der Waals surface area contributed by atoms with Gasteiger partial charge in [-0.05, 0) is 30.9 Å². The minimum atomic E-state index is -0.789. The SMILES string of the molecule is CC1CCC(c2cc[nH]n2)N(C(=O)C(=O)Nc2cncc(C(N)=O)c2)C1. The van der Waals surface area contributed by atoms with Crippen molar-refractivity contribution in [2.24, 2.45) is 11.7 Å². The molecule has 0 aliphatic carbocycles. The average Bonchev–Trinajstić information content (AvgIpc) is 3.15. The van der Waals surface area contributed by atoms with Gasteiger partial charge >= 0.3 is 11.8 Å². The Morgan fingerprint density at radius 1 is 1.31 bits per heavy atom. The maximum Gasteiger partial charge on any atom is 0.313 e. The number of H-pyrrole nitrogens is 1. The van der Waals surface area contributed by atoms with Crippen LogP contribution < -0.4 is 11.1 Å². The van der Waals surface area contributed by atoms with Crippen LogP contribution in [0.3, 0.4) is 0 Å². The van der Waals surface area contributed by atoms with Gasteiger partial charge in [0.15, 0.2) is 0 Å². The lowest BCUT2D eigenvalue weighted by molar-refractivity contribution is -0.146. The molecule has 9 nitrogen and oxygen atoms in total. The van der Waals surface area contributed by atoms with Gasteiger partial charge in [0.2, 0.25) is 5.91 Å². The molecule has 9 heteroatoms. The minimum absolute atomic E-state index is 0.149. The van der Waals surface area contributed by atoms with E-state index in [4.69, 9.17) is 5.73 Å². The lowest BCUT2D eigenvalue weighted by atomic mass is 9.92. The number of aromatic amines is 1. The monoisotopic (exact) mass is 356 g/mol. The molecule has 0 radical (unpaired) electrons. The molecule has 2 unspecified atom stereocenters. The summed E-state index contributed by atoms with van der Waals surface area (Å²) in [4.78, 5) is 41.8. The minimum Gasteiger partial charge on any atom is -0.366 e. The predicted octanol–water partition coefficient (Wildman–Crippen LogP) is 0.842. The van der Waals surface area contributed by atoms with Gasteiger partial charge in [-0.1, -0.05) is 6.92 Å². The number of likely N-dealkylation sites (tertiary alicyclic amines) is 1. The fraction of sp³-hybridized carbons (Fsp3) is 0.353. The van der Waals surface area contributed by atoms with Crippen molar-refractivity contribution in [3.05, 3.63) is 42.0 Å². The number of hydrogen-bond donors (Lipinski definition) is 3. The average molecular weight is 356 g/mol. The van der Waals surface area contributed by atoms with E-state index in [2.05, 4.69) is 20.5 Å². The van der Waals surface area contributed by atoms with Crippen LogP contribution in [0.1, 0.15) is 41.9 Å². The molecule has 0 aromatic carbocycles. The Balaban J connectivity index is 1.76. The van der Waals surface area contributed by atoms with E-state index >= 15 is 0 Å². The van der Waals surface area contributed by atoms with Crippen molar-refractivity contribution in [1.29, 1.82) is 0 Å². The van der Waals surface area contributed by atoms with Crippen LogP contribution in [0.4, 0.5) is 5.69 Å². The number of nitrogens with two attached hydrogens (primary N) is 1. The number of nitrogens with zero attached hydrogens (tertiary/aromatic N) is 3. The van der Waals surface area contributed by atoms with Crippen molar-refractivity contribution in [3.63, 3.8) is 0 Å². The van der Waals surface area contributed by atoms with E-state index in [0.29, 0.717) is 12.5 Å². The number of hydrogen-bond acceptors (Lipinski definition) is 5. The molecule has 0 bridgehead atoms. The summed E-state index contributed by atoms with van der Waals surface area (Å²) in [6, 6.07) is 2.94. The fourth-order valence-corrected chi connectivity index (χ4v) is 3.10. The van der Waals surface area contributed by atoms with Crippen LogP contribution in [0, 0.1) is 5.92 Å². The first-order valence-corrected chi connectivity index (χ1v) is 8.32. The first-order chi connectivity index (χ1) is 12.5. The molecule has 4 N–H and O–H groups in total.